The first-order chi connectivity index (χ1) is 11.8. The molecular weight excluding hydrogens is 307 g/mol. The van der Waals surface area contributed by atoms with Gasteiger partial charge in [0, 0.05) is 0 Å². The standard InChI is InChI=1S/C23H20P/c1-24(21-11-3-2-4-12-21)17-15-19-9-5-7-13-22(19)23-14-8-6-10-20(23)16-18-24/h2-18H,1H3/q+1/b17-15-,18-16+. The number of rotatable bonds is 1. The maximum atomic E-state index is 2.42. The Balaban J connectivity index is 1.96. The fourth-order valence-corrected chi connectivity index (χ4v) is 5.42. The zero-order chi connectivity index (χ0) is 16.4. The fourth-order valence-electron chi connectivity index (χ4n) is 3.22. The van der Waals surface area contributed by atoms with Gasteiger partial charge >= 0.3 is 0 Å². The molecule has 4 rings (SSSR count). The highest BCUT2D eigenvalue weighted by atomic mass is 31.2. The number of hydrogen-bond acceptors (Lipinski definition) is 0. The van der Waals surface area contributed by atoms with Crippen molar-refractivity contribution in [2.75, 3.05) is 6.66 Å². The molecule has 0 aliphatic carbocycles. The molecule has 0 amide bonds. The molecule has 0 saturated carbocycles. The Labute approximate surface area is 144 Å². The molecule has 0 saturated heterocycles. The summed E-state index contributed by atoms with van der Waals surface area (Å²) < 4.78 is 0. The number of benzene rings is 3. The van der Waals surface area contributed by atoms with E-state index in [2.05, 4.69) is 109 Å². The smallest absolute Gasteiger partial charge is 0.0620 e. The van der Waals surface area contributed by atoms with Gasteiger partial charge in [0.25, 0.3) is 0 Å². The molecule has 1 aliphatic heterocycles. The van der Waals surface area contributed by atoms with Crippen LogP contribution in [0, 0.1) is 0 Å². The van der Waals surface area contributed by atoms with Gasteiger partial charge in [-0.1, -0.05) is 66.7 Å². The molecule has 116 valence electrons. The van der Waals surface area contributed by atoms with Gasteiger partial charge in [-0.3, -0.25) is 0 Å². The Morgan fingerprint density at radius 2 is 1.00 bits per heavy atom. The van der Waals surface area contributed by atoms with Crippen molar-refractivity contribution in [2.45, 2.75) is 0 Å². The van der Waals surface area contributed by atoms with Crippen LogP contribution in [0.1, 0.15) is 11.1 Å². The van der Waals surface area contributed by atoms with Gasteiger partial charge < -0.3 is 0 Å². The molecule has 0 bridgehead atoms. The van der Waals surface area contributed by atoms with Gasteiger partial charge in [-0.05, 0) is 46.5 Å². The average molecular weight is 327 g/mol. The summed E-state index contributed by atoms with van der Waals surface area (Å²) in [6.45, 7) is 2.38. The van der Waals surface area contributed by atoms with Crippen LogP contribution in [0.5, 0.6) is 0 Å². The van der Waals surface area contributed by atoms with E-state index in [9.17, 15) is 0 Å². The second-order valence-corrected chi connectivity index (χ2v) is 9.70. The van der Waals surface area contributed by atoms with E-state index in [0.29, 0.717) is 0 Å². The highest BCUT2D eigenvalue weighted by Crippen LogP contribution is 2.58. The topological polar surface area (TPSA) is 0 Å². The monoisotopic (exact) mass is 327 g/mol. The molecule has 1 atom stereocenters. The predicted molar refractivity (Wildman–Crippen MR) is 109 cm³/mol. The van der Waals surface area contributed by atoms with E-state index in [1.807, 2.05) is 0 Å². The quantitative estimate of drug-likeness (QED) is 0.461. The van der Waals surface area contributed by atoms with Crippen LogP contribution < -0.4 is 5.30 Å². The van der Waals surface area contributed by atoms with E-state index in [0.717, 1.165) is 0 Å². The normalized spacial score (nSPS) is 21.5. The molecule has 1 heterocycles. The molecular formula is C23H20P+. The minimum Gasteiger partial charge on any atom is -0.0620 e. The summed E-state index contributed by atoms with van der Waals surface area (Å²) in [6, 6.07) is 28.2. The third-order valence-corrected chi connectivity index (χ3v) is 7.60. The van der Waals surface area contributed by atoms with Crippen LogP contribution in [0.4, 0.5) is 0 Å². The van der Waals surface area contributed by atoms with Gasteiger partial charge in [0.2, 0.25) is 0 Å². The maximum absolute atomic E-state index is 2.42. The lowest BCUT2D eigenvalue weighted by Crippen LogP contribution is -2.05. The van der Waals surface area contributed by atoms with E-state index < -0.39 is 7.26 Å². The van der Waals surface area contributed by atoms with Gasteiger partial charge in [0.15, 0.2) is 0 Å². The minimum absolute atomic E-state index is 1.29. The van der Waals surface area contributed by atoms with Crippen LogP contribution in [0.25, 0.3) is 23.3 Å². The molecule has 0 aromatic heterocycles. The van der Waals surface area contributed by atoms with Crippen LogP contribution in [-0.2, 0) is 0 Å². The summed E-state index contributed by atoms with van der Waals surface area (Å²) in [5, 5.41) is 1.41. The minimum atomic E-state index is -1.49. The van der Waals surface area contributed by atoms with Crippen LogP contribution in [-0.4, -0.2) is 6.66 Å². The largest absolute Gasteiger partial charge is 0.103 e. The summed E-state index contributed by atoms with van der Waals surface area (Å²) in [5.74, 6) is 4.84. The highest BCUT2D eigenvalue weighted by Gasteiger charge is 2.29. The summed E-state index contributed by atoms with van der Waals surface area (Å²) in [5.41, 5.74) is 5.18. The molecule has 1 heteroatoms. The zero-order valence-corrected chi connectivity index (χ0v) is 14.7. The van der Waals surface area contributed by atoms with Crippen molar-refractivity contribution in [3.8, 4) is 11.1 Å². The molecule has 1 unspecified atom stereocenters. The highest BCUT2D eigenvalue weighted by molar-refractivity contribution is 7.88. The number of hydrogen-bond donors (Lipinski definition) is 0. The Hall–Kier alpha value is -2.43. The van der Waals surface area contributed by atoms with E-state index in [-0.39, 0.29) is 0 Å². The fraction of sp³-hybridized carbons (Fsp3) is 0.0435. The SMILES string of the molecule is C[P+]1(c2ccccc2)/C=C\c2ccccc2-c2ccccc2/C=C/1. The van der Waals surface area contributed by atoms with E-state index in [1.54, 1.807) is 0 Å². The van der Waals surface area contributed by atoms with Crippen molar-refractivity contribution < 1.29 is 0 Å². The second-order valence-electron chi connectivity index (χ2n) is 6.29. The van der Waals surface area contributed by atoms with Crippen molar-refractivity contribution in [2.24, 2.45) is 0 Å². The van der Waals surface area contributed by atoms with Crippen molar-refractivity contribution in [1.82, 2.24) is 0 Å². The summed E-state index contributed by atoms with van der Waals surface area (Å²) >= 11 is 0. The van der Waals surface area contributed by atoms with E-state index in [1.165, 1.54) is 27.6 Å². The third-order valence-electron chi connectivity index (χ3n) is 4.65. The van der Waals surface area contributed by atoms with Crippen LogP contribution >= 0.6 is 7.26 Å². The summed E-state index contributed by atoms with van der Waals surface area (Å²) in [6.07, 6.45) is 4.62. The lowest BCUT2D eigenvalue weighted by molar-refractivity contribution is 1.57. The first-order valence-corrected chi connectivity index (χ1v) is 10.6. The average Bonchev–Trinajstić information content (AvgIpc) is 2.71. The van der Waals surface area contributed by atoms with Crippen molar-refractivity contribution in [1.29, 1.82) is 0 Å². The van der Waals surface area contributed by atoms with Gasteiger partial charge in [-0.25, -0.2) is 0 Å². The number of fused-ring (bicyclic) bond motifs is 3. The molecule has 3 aromatic carbocycles. The molecule has 0 fully saturated rings. The van der Waals surface area contributed by atoms with E-state index >= 15 is 0 Å². The van der Waals surface area contributed by atoms with Crippen molar-refractivity contribution >= 4 is 24.7 Å². The predicted octanol–water partition coefficient (Wildman–Crippen LogP) is 6.28. The molecule has 24 heavy (non-hydrogen) atoms. The molecule has 1 aliphatic rings. The van der Waals surface area contributed by atoms with Crippen LogP contribution in [0.15, 0.2) is 90.5 Å². The summed E-state index contributed by atoms with van der Waals surface area (Å²) in [4.78, 5) is 0. The maximum Gasteiger partial charge on any atom is 0.103 e. The van der Waals surface area contributed by atoms with Crippen molar-refractivity contribution in [3.05, 3.63) is 102 Å². The zero-order valence-electron chi connectivity index (χ0n) is 13.8. The molecule has 3 aromatic rings. The van der Waals surface area contributed by atoms with Crippen LogP contribution in [0.2, 0.25) is 0 Å². The van der Waals surface area contributed by atoms with Gasteiger partial charge in [0.1, 0.15) is 5.30 Å². The molecule has 0 N–H and O–H groups in total. The van der Waals surface area contributed by atoms with Crippen molar-refractivity contribution in [3.63, 3.8) is 0 Å². The van der Waals surface area contributed by atoms with Gasteiger partial charge in [0.05, 0.1) is 25.6 Å². The Bertz CT molecular complexity index is 864. The Kier molecular flexibility index (Phi) is 3.92. The van der Waals surface area contributed by atoms with Gasteiger partial charge in [-0.2, -0.15) is 0 Å². The van der Waals surface area contributed by atoms with Crippen LogP contribution in [0.3, 0.4) is 0 Å². The first-order valence-electron chi connectivity index (χ1n) is 8.25. The second kappa shape index (κ2) is 6.23. The van der Waals surface area contributed by atoms with E-state index in [4.69, 9.17) is 0 Å². The first kappa shape index (κ1) is 15.1. The third kappa shape index (κ3) is 2.75. The molecule has 0 spiro atoms. The summed E-state index contributed by atoms with van der Waals surface area (Å²) in [7, 11) is -1.49. The lowest BCUT2D eigenvalue weighted by Gasteiger charge is -2.14. The lowest BCUT2D eigenvalue weighted by atomic mass is 9.95. The molecule has 0 nitrogen and oxygen atoms in total. The Morgan fingerprint density at radius 1 is 0.542 bits per heavy atom. The van der Waals surface area contributed by atoms with Gasteiger partial charge in [-0.15, -0.1) is 0 Å². The molecule has 0 radical (unpaired) electrons. The Morgan fingerprint density at radius 3 is 1.54 bits per heavy atom.